The number of hydrogen-bond donors (Lipinski definition) is 0. The molecule has 1 aliphatic carbocycles. The van der Waals surface area contributed by atoms with E-state index in [-0.39, 0.29) is 0 Å². The van der Waals surface area contributed by atoms with Crippen molar-refractivity contribution in [2.45, 2.75) is 39.0 Å². The molecular formula is C14H22. The molecule has 0 aromatic heterocycles. The van der Waals surface area contributed by atoms with E-state index in [4.69, 9.17) is 0 Å². The average molecular weight is 190 g/mol. The lowest BCUT2D eigenvalue weighted by molar-refractivity contribution is 0.869. The smallest absolute Gasteiger partial charge is 0.0313 e. The first kappa shape index (κ1) is 13.0. The van der Waals surface area contributed by atoms with E-state index >= 15 is 0 Å². The zero-order valence-corrected chi connectivity index (χ0v) is 9.28. The van der Waals surface area contributed by atoms with Gasteiger partial charge in [0.2, 0.25) is 0 Å². The maximum absolute atomic E-state index is 3.63. The molecule has 0 unspecified atom stereocenters. The maximum Gasteiger partial charge on any atom is -0.0313 e. The molecule has 0 amide bonds. The molecule has 0 nitrogen and oxygen atoms in total. The van der Waals surface area contributed by atoms with Gasteiger partial charge in [-0.05, 0) is 39.0 Å². The summed E-state index contributed by atoms with van der Waals surface area (Å²) in [5.74, 6) is 0. The van der Waals surface area contributed by atoms with E-state index in [1.807, 2.05) is 13.0 Å². The van der Waals surface area contributed by atoms with Crippen molar-refractivity contribution in [2.75, 3.05) is 0 Å². The Morgan fingerprint density at radius 3 is 2.14 bits per heavy atom. The van der Waals surface area contributed by atoms with Gasteiger partial charge in [0.1, 0.15) is 0 Å². The molecule has 0 fully saturated rings. The fraction of sp³-hybridized carbons (Fsp3) is 0.429. The summed E-state index contributed by atoms with van der Waals surface area (Å²) >= 11 is 0. The van der Waals surface area contributed by atoms with Crippen LogP contribution in [0.4, 0.5) is 0 Å². The highest BCUT2D eigenvalue weighted by Gasteiger charge is 1.77. The Kier molecular flexibility index (Phi) is 11.1. The van der Waals surface area contributed by atoms with Crippen molar-refractivity contribution in [3.63, 3.8) is 0 Å². The van der Waals surface area contributed by atoms with Crippen LogP contribution in [0.25, 0.3) is 0 Å². The van der Waals surface area contributed by atoms with Crippen molar-refractivity contribution in [1.29, 1.82) is 0 Å². The Balaban J connectivity index is 0.000000249. The van der Waals surface area contributed by atoms with E-state index in [9.17, 15) is 0 Å². The summed E-state index contributed by atoms with van der Waals surface area (Å²) in [7, 11) is 0. The van der Waals surface area contributed by atoms with Gasteiger partial charge < -0.3 is 0 Å². The van der Waals surface area contributed by atoms with Crippen molar-refractivity contribution in [3.8, 4) is 0 Å². The highest BCUT2D eigenvalue weighted by Crippen LogP contribution is 1.98. The SMILES string of the molecule is C1=CCCC=C1.C=CCCCC=CC. The first-order chi connectivity index (χ1) is 6.91. The van der Waals surface area contributed by atoms with Gasteiger partial charge in [-0.2, -0.15) is 0 Å². The highest BCUT2D eigenvalue weighted by molar-refractivity contribution is 5.07. The Hall–Kier alpha value is -1.04. The molecule has 0 spiro atoms. The van der Waals surface area contributed by atoms with Crippen LogP contribution in [-0.2, 0) is 0 Å². The third kappa shape index (κ3) is 11.0. The van der Waals surface area contributed by atoms with Gasteiger partial charge in [-0.3, -0.25) is 0 Å². The molecule has 1 rings (SSSR count). The van der Waals surface area contributed by atoms with Crippen LogP contribution < -0.4 is 0 Å². The van der Waals surface area contributed by atoms with Crippen molar-refractivity contribution in [1.82, 2.24) is 0 Å². The van der Waals surface area contributed by atoms with E-state index in [0.29, 0.717) is 0 Å². The van der Waals surface area contributed by atoms with E-state index in [0.717, 1.165) is 6.42 Å². The Morgan fingerprint density at radius 1 is 1.14 bits per heavy atom. The summed E-state index contributed by atoms with van der Waals surface area (Å²) in [5.41, 5.74) is 0. The maximum atomic E-state index is 3.63. The van der Waals surface area contributed by atoms with Gasteiger partial charge in [0.05, 0.1) is 0 Å². The molecule has 0 aliphatic heterocycles. The summed E-state index contributed by atoms with van der Waals surface area (Å²) in [6, 6.07) is 0. The van der Waals surface area contributed by atoms with Crippen LogP contribution in [0, 0.1) is 0 Å². The van der Waals surface area contributed by atoms with Gasteiger partial charge in [-0.1, -0.05) is 42.5 Å². The molecule has 0 heterocycles. The van der Waals surface area contributed by atoms with Crippen LogP contribution in [0.15, 0.2) is 49.1 Å². The van der Waals surface area contributed by atoms with Crippen LogP contribution in [0.5, 0.6) is 0 Å². The van der Waals surface area contributed by atoms with Gasteiger partial charge >= 0.3 is 0 Å². The van der Waals surface area contributed by atoms with E-state index in [1.54, 1.807) is 0 Å². The quantitative estimate of drug-likeness (QED) is 0.441. The molecule has 0 N–H and O–H groups in total. The van der Waals surface area contributed by atoms with Gasteiger partial charge in [0, 0.05) is 0 Å². The van der Waals surface area contributed by atoms with E-state index in [1.165, 1.54) is 25.7 Å². The molecule has 0 bridgehead atoms. The van der Waals surface area contributed by atoms with Crippen LogP contribution in [-0.4, -0.2) is 0 Å². The van der Waals surface area contributed by atoms with Gasteiger partial charge in [0.25, 0.3) is 0 Å². The highest BCUT2D eigenvalue weighted by atomic mass is 13.8. The molecule has 14 heavy (non-hydrogen) atoms. The first-order valence-corrected chi connectivity index (χ1v) is 5.45. The fourth-order valence-corrected chi connectivity index (χ4v) is 1.09. The molecule has 0 saturated carbocycles. The molecule has 0 aromatic carbocycles. The van der Waals surface area contributed by atoms with Crippen molar-refractivity contribution >= 4 is 0 Å². The zero-order valence-electron chi connectivity index (χ0n) is 9.28. The molecule has 0 saturated heterocycles. The van der Waals surface area contributed by atoms with Crippen molar-refractivity contribution in [3.05, 3.63) is 49.1 Å². The van der Waals surface area contributed by atoms with Crippen LogP contribution in [0.1, 0.15) is 39.0 Å². The number of rotatable bonds is 4. The lowest BCUT2D eigenvalue weighted by atomic mass is 10.2. The lowest BCUT2D eigenvalue weighted by Gasteiger charge is -1.88. The Labute approximate surface area is 88.7 Å². The summed E-state index contributed by atoms with van der Waals surface area (Å²) < 4.78 is 0. The molecule has 78 valence electrons. The van der Waals surface area contributed by atoms with Gasteiger partial charge in [-0.25, -0.2) is 0 Å². The minimum atomic E-state index is 1.14. The van der Waals surface area contributed by atoms with E-state index < -0.39 is 0 Å². The third-order valence-corrected chi connectivity index (χ3v) is 1.90. The summed E-state index contributed by atoms with van der Waals surface area (Å²) in [4.78, 5) is 0. The third-order valence-electron chi connectivity index (χ3n) is 1.90. The summed E-state index contributed by atoms with van der Waals surface area (Å²) in [6.45, 7) is 5.68. The topological polar surface area (TPSA) is 0 Å². The van der Waals surface area contributed by atoms with Crippen LogP contribution >= 0.6 is 0 Å². The summed E-state index contributed by atoms with van der Waals surface area (Å²) in [5, 5.41) is 0. The van der Waals surface area contributed by atoms with Crippen LogP contribution in [0.3, 0.4) is 0 Å². The number of hydrogen-bond acceptors (Lipinski definition) is 0. The molecule has 0 atom stereocenters. The Bertz CT molecular complexity index is 182. The summed E-state index contributed by atoms with van der Waals surface area (Å²) in [6.07, 6.45) is 20.8. The minimum Gasteiger partial charge on any atom is -0.103 e. The second-order valence-corrected chi connectivity index (χ2v) is 3.22. The predicted molar refractivity (Wildman–Crippen MR) is 66.4 cm³/mol. The molecule has 1 aliphatic rings. The lowest BCUT2D eigenvalue weighted by Crippen LogP contribution is -1.67. The Morgan fingerprint density at radius 2 is 1.79 bits per heavy atom. The average Bonchev–Trinajstić information content (AvgIpc) is 2.28. The second kappa shape index (κ2) is 12.0. The largest absolute Gasteiger partial charge is 0.103 e. The standard InChI is InChI=1S/C8H14.C6H8/c1-3-5-7-8-6-4-2;1-2-4-6-5-3-1/h3-4,6H,1,5,7-8H2,2H3;1-4H,5-6H2. The zero-order chi connectivity index (χ0) is 10.5. The van der Waals surface area contributed by atoms with Gasteiger partial charge in [0.15, 0.2) is 0 Å². The van der Waals surface area contributed by atoms with Gasteiger partial charge in [-0.15, -0.1) is 6.58 Å². The number of unbranched alkanes of at least 4 members (excludes halogenated alkanes) is 2. The van der Waals surface area contributed by atoms with Crippen LogP contribution in [0.2, 0.25) is 0 Å². The predicted octanol–water partition coefficient (Wildman–Crippen LogP) is 4.81. The second-order valence-electron chi connectivity index (χ2n) is 3.22. The normalized spacial score (nSPS) is 13.8. The molecule has 0 aromatic rings. The molecule has 0 heteroatoms. The van der Waals surface area contributed by atoms with Crippen molar-refractivity contribution < 1.29 is 0 Å². The minimum absolute atomic E-state index is 1.14. The monoisotopic (exact) mass is 190 g/mol. The molecule has 0 radical (unpaired) electrons. The van der Waals surface area contributed by atoms with E-state index in [2.05, 4.69) is 43.0 Å². The van der Waals surface area contributed by atoms with Crippen molar-refractivity contribution in [2.24, 2.45) is 0 Å². The number of allylic oxidation sites excluding steroid dienone is 7. The molecular weight excluding hydrogens is 168 g/mol. The fourth-order valence-electron chi connectivity index (χ4n) is 1.09. The first-order valence-electron chi connectivity index (χ1n) is 5.45.